The van der Waals surface area contributed by atoms with Gasteiger partial charge in [-0.2, -0.15) is 0 Å². The zero-order valence-corrected chi connectivity index (χ0v) is 16.5. The molecule has 0 spiro atoms. The second-order valence-electron chi connectivity index (χ2n) is 7.31. The van der Waals surface area contributed by atoms with Gasteiger partial charge in [-0.15, -0.1) is 5.10 Å². The summed E-state index contributed by atoms with van der Waals surface area (Å²) in [4.78, 5) is 23.6. The molecule has 0 aliphatic carbocycles. The summed E-state index contributed by atoms with van der Waals surface area (Å²) in [5.74, 6) is 1.83. The maximum Gasteiger partial charge on any atom is 0.233 e. The molecule has 3 rings (SSSR count). The van der Waals surface area contributed by atoms with Crippen LogP contribution in [0.5, 0.6) is 0 Å². The molecule has 2 aliphatic heterocycles. The van der Waals surface area contributed by atoms with Crippen molar-refractivity contribution in [1.29, 1.82) is 0 Å². The van der Waals surface area contributed by atoms with Crippen LogP contribution in [-0.4, -0.2) is 106 Å². The highest BCUT2D eigenvalue weighted by Crippen LogP contribution is 2.26. The largest absolute Gasteiger partial charge is 0.396 e. The number of carbonyl (C=O) groups is 1. The third kappa shape index (κ3) is 4.97. The molecule has 0 radical (unpaired) electrons. The monoisotopic (exact) mass is 382 g/mol. The number of aromatic amines is 1. The molecule has 2 N–H and O–H groups in total. The fourth-order valence-electron chi connectivity index (χ4n) is 3.64. The summed E-state index contributed by atoms with van der Waals surface area (Å²) in [7, 11) is 2.15. The molecule has 0 saturated carbocycles. The Balaban J connectivity index is 1.48. The predicted octanol–water partition coefficient (Wildman–Crippen LogP) is -0.226. The Kier molecular flexibility index (Phi) is 6.91. The summed E-state index contributed by atoms with van der Waals surface area (Å²) >= 11 is 1.37. The van der Waals surface area contributed by atoms with Crippen molar-refractivity contribution in [3.8, 4) is 0 Å². The summed E-state index contributed by atoms with van der Waals surface area (Å²) in [6.07, 6.45) is 0.805. The van der Waals surface area contributed by atoms with Crippen LogP contribution in [0.4, 0.5) is 0 Å². The van der Waals surface area contributed by atoms with E-state index in [0.717, 1.165) is 51.5 Å². The van der Waals surface area contributed by atoms with Crippen LogP contribution >= 0.6 is 11.8 Å². The number of H-pyrrole nitrogens is 1. The van der Waals surface area contributed by atoms with Crippen LogP contribution in [0.1, 0.15) is 12.7 Å². The number of likely N-dealkylation sites (N-methyl/N-ethyl adjacent to an activating group) is 1. The molecule has 2 fully saturated rings. The van der Waals surface area contributed by atoms with E-state index in [2.05, 4.69) is 32.0 Å². The zero-order valence-electron chi connectivity index (χ0n) is 15.7. The van der Waals surface area contributed by atoms with Gasteiger partial charge >= 0.3 is 0 Å². The number of aryl methyl sites for hydroxylation is 1. The van der Waals surface area contributed by atoms with Crippen LogP contribution in [0.25, 0.3) is 0 Å². The van der Waals surface area contributed by atoms with Gasteiger partial charge in [0.25, 0.3) is 0 Å². The third-order valence-corrected chi connectivity index (χ3v) is 6.26. The lowest BCUT2D eigenvalue weighted by molar-refractivity contribution is -0.127. The Morgan fingerprint density at radius 2 is 2.00 bits per heavy atom. The van der Waals surface area contributed by atoms with Gasteiger partial charge in [-0.25, -0.2) is 4.98 Å². The number of likely N-dealkylation sites (tertiary alicyclic amines) is 1. The number of aromatic nitrogens is 3. The minimum absolute atomic E-state index is 0.108. The summed E-state index contributed by atoms with van der Waals surface area (Å²) < 4.78 is 0. The van der Waals surface area contributed by atoms with E-state index in [0.29, 0.717) is 23.4 Å². The predicted molar refractivity (Wildman–Crippen MR) is 101 cm³/mol. The Morgan fingerprint density at radius 3 is 2.65 bits per heavy atom. The Hall–Kier alpha value is -1.16. The highest BCUT2D eigenvalue weighted by atomic mass is 32.2. The van der Waals surface area contributed by atoms with E-state index in [9.17, 15) is 9.90 Å². The first-order chi connectivity index (χ1) is 12.6. The normalized spacial score (nSPS) is 25.1. The first-order valence-electron chi connectivity index (χ1n) is 9.42. The molecule has 0 unspecified atom stereocenters. The summed E-state index contributed by atoms with van der Waals surface area (Å²) in [5.41, 5.74) is 0. The highest BCUT2D eigenvalue weighted by molar-refractivity contribution is 7.99. The smallest absolute Gasteiger partial charge is 0.233 e. The molecule has 2 atom stereocenters. The number of rotatable bonds is 7. The fraction of sp³-hybridized carbons (Fsp3) is 0.824. The van der Waals surface area contributed by atoms with Crippen molar-refractivity contribution in [2.24, 2.45) is 11.8 Å². The lowest BCUT2D eigenvalue weighted by Crippen LogP contribution is -2.47. The maximum absolute atomic E-state index is 12.6. The number of aliphatic hydroxyl groups excluding tert-OH is 1. The fourth-order valence-corrected chi connectivity index (χ4v) is 4.36. The number of nitrogens with one attached hydrogen (secondary N) is 1. The molecule has 1 aromatic rings. The minimum Gasteiger partial charge on any atom is -0.396 e. The van der Waals surface area contributed by atoms with Gasteiger partial charge in [0.15, 0.2) is 0 Å². The molecule has 26 heavy (non-hydrogen) atoms. The lowest BCUT2D eigenvalue weighted by Gasteiger charge is -2.34. The average Bonchev–Trinajstić information content (AvgIpc) is 3.28. The van der Waals surface area contributed by atoms with Crippen molar-refractivity contribution in [3.63, 3.8) is 0 Å². The van der Waals surface area contributed by atoms with Crippen LogP contribution in [-0.2, 0) is 11.2 Å². The lowest BCUT2D eigenvalue weighted by atomic mass is 9.96. The van der Waals surface area contributed by atoms with Gasteiger partial charge in [0, 0.05) is 64.8 Å². The maximum atomic E-state index is 12.6. The molecule has 1 amide bonds. The number of hydrogen-bond donors (Lipinski definition) is 2. The zero-order chi connectivity index (χ0) is 18.5. The molecular weight excluding hydrogens is 352 g/mol. The number of amides is 1. The van der Waals surface area contributed by atoms with Crippen LogP contribution in [0.15, 0.2) is 5.16 Å². The Bertz CT molecular complexity index is 590. The molecule has 2 saturated heterocycles. The molecule has 0 aromatic carbocycles. The third-order valence-electron chi connectivity index (χ3n) is 5.42. The van der Waals surface area contributed by atoms with E-state index in [-0.39, 0.29) is 18.4 Å². The molecule has 1 aromatic heterocycles. The average molecular weight is 383 g/mol. The van der Waals surface area contributed by atoms with E-state index in [1.165, 1.54) is 11.8 Å². The van der Waals surface area contributed by atoms with Crippen molar-refractivity contribution in [2.45, 2.75) is 18.5 Å². The van der Waals surface area contributed by atoms with Gasteiger partial charge in [0.05, 0.1) is 5.75 Å². The van der Waals surface area contributed by atoms with Gasteiger partial charge in [0.1, 0.15) is 5.82 Å². The Labute approximate surface area is 159 Å². The number of piperazine rings is 1. The number of aliphatic hydroxyl groups is 1. The molecule has 8 nitrogen and oxygen atoms in total. The topological polar surface area (TPSA) is 88.6 Å². The first kappa shape index (κ1) is 19.6. The van der Waals surface area contributed by atoms with E-state index in [1.807, 2.05) is 11.8 Å². The molecule has 3 heterocycles. The van der Waals surface area contributed by atoms with Crippen molar-refractivity contribution >= 4 is 17.7 Å². The van der Waals surface area contributed by atoms with Gasteiger partial charge in [-0.05, 0) is 13.0 Å². The first-order valence-corrected chi connectivity index (χ1v) is 10.4. The van der Waals surface area contributed by atoms with Crippen LogP contribution in [0, 0.1) is 11.8 Å². The van der Waals surface area contributed by atoms with Crippen LogP contribution in [0.2, 0.25) is 0 Å². The second kappa shape index (κ2) is 9.16. The number of carbonyl (C=O) groups excluding carboxylic acids is 1. The highest BCUT2D eigenvalue weighted by Gasteiger charge is 2.36. The SMILES string of the molecule is CCc1nc(SCC(=O)N2C[C@@H](CN3CCN(C)CC3)[C@@H](CO)C2)n[nH]1. The van der Waals surface area contributed by atoms with E-state index >= 15 is 0 Å². The number of thioether (sulfide) groups is 1. The quantitative estimate of drug-likeness (QED) is 0.630. The van der Waals surface area contributed by atoms with Crippen LogP contribution < -0.4 is 0 Å². The second-order valence-corrected chi connectivity index (χ2v) is 8.25. The van der Waals surface area contributed by atoms with E-state index < -0.39 is 0 Å². The van der Waals surface area contributed by atoms with Crippen LogP contribution in [0.3, 0.4) is 0 Å². The molecular formula is C17H30N6O2S. The van der Waals surface area contributed by atoms with Gasteiger partial charge in [0.2, 0.25) is 11.1 Å². The number of nitrogens with zero attached hydrogens (tertiary/aromatic N) is 5. The van der Waals surface area contributed by atoms with Crippen molar-refractivity contribution in [2.75, 3.05) is 65.2 Å². The molecule has 9 heteroatoms. The van der Waals surface area contributed by atoms with Crippen molar-refractivity contribution < 1.29 is 9.90 Å². The minimum atomic E-state index is 0.108. The van der Waals surface area contributed by atoms with E-state index in [1.54, 1.807) is 0 Å². The van der Waals surface area contributed by atoms with Gasteiger partial charge in [-0.3, -0.25) is 9.89 Å². The molecule has 0 bridgehead atoms. The molecule has 2 aliphatic rings. The Morgan fingerprint density at radius 1 is 1.27 bits per heavy atom. The van der Waals surface area contributed by atoms with Crippen molar-refractivity contribution in [1.82, 2.24) is 29.9 Å². The summed E-state index contributed by atoms with van der Waals surface area (Å²) in [5, 5.41) is 17.4. The van der Waals surface area contributed by atoms with Gasteiger partial charge < -0.3 is 19.8 Å². The summed E-state index contributed by atoms with van der Waals surface area (Å²) in [6, 6.07) is 0. The molecule has 146 valence electrons. The van der Waals surface area contributed by atoms with E-state index in [4.69, 9.17) is 0 Å². The number of hydrogen-bond acceptors (Lipinski definition) is 7. The van der Waals surface area contributed by atoms with Crippen molar-refractivity contribution in [3.05, 3.63) is 5.82 Å². The summed E-state index contributed by atoms with van der Waals surface area (Å²) in [6.45, 7) is 8.85. The van der Waals surface area contributed by atoms with Gasteiger partial charge in [-0.1, -0.05) is 18.7 Å². The standard InChI is InChI=1S/C17H30N6O2S/c1-3-15-18-17(20-19-15)26-12-16(25)23-9-13(14(10-23)11-24)8-22-6-4-21(2)5-7-22/h13-14,24H,3-12H2,1-2H3,(H,18,19,20)/t13-,14-/m1/s1.